The molecule has 0 bridgehead atoms. The summed E-state index contributed by atoms with van der Waals surface area (Å²) in [7, 11) is 0. The van der Waals surface area contributed by atoms with Crippen molar-refractivity contribution >= 4 is 22.7 Å². The Morgan fingerprint density at radius 3 is 2.95 bits per heavy atom. The molecule has 1 unspecified atom stereocenters. The zero-order valence-electron chi connectivity index (χ0n) is 11.1. The molecule has 1 aliphatic heterocycles. The van der Waals surface area contributed by atoms with Crippen LogP contribution in [0.4, 0.5) is 0 Å². The molecule has 0 radical (unpaired) electrons. The number of nitrogens with one attached hydrogen (secondary N) is 3. The second-order valence-corrected chi connectivity index (χ2v) is 5.08. The van der Waals surface area contributed by atoms with Crippen molar-refractivity contribution in [2.24, 2.45) is 0 Å². The van der Waals surface area contributed by atoms with Crippen molar-refractivity contribution in [2.45, 2.75) is 25.3 Å². The highest BCUT2D eigenvalue weighted by atomic mass is 16.2. The molecule has 20 heavy (non-hydrogen) atoms. The SMILES string of the molecule is O=C1CCC(C(=O)NCCc2cc3ccccc3[nH]2)N1. The largest absolute Gasteiger partial charge is 0.358 e. The second-order valence-electron chi connectivity index (χ2n) is 5.08. The summed E-state index contributed by atoms with van der Waals surface area (Å²) in [6.45, 7) is 0.567. The maximum absolute atomic E-state index is 11.8. The number of amides is 2. The van der Waals surface area contributed by atoms with Crippen LogP contribution in [-0.4, -0.2) is 29.4 Å². The summed E-state index contributed by atoms with van der Waals surface area (Å²) in [5.41, 5.74) is 2.21. The summed E-state index contributed by atoms with van der Waals surface area (Å²) in [5.74, 6) is -0.132. The van der Waals surface area contributed by atoms with Gasteiger partial charge in [-0.15, -0.1) is 0 Å². The number of benzene rings is 1. The first kappa shape index (κ1) is 12.7. The van der Waals surface area contributed by atoms with Crippen LogP contribution in [0.5, 0.6) is 0 Å². The van der Waals surface area contributed by atoms with E-state index in [1.807, 2.05) is 18.2 Å². The van der Waals surface area contributed by atoms with Gasteiger partial charge in [-0.3, -0.25) is 9.59 Å². The predicted molar refractivity (Wildman–Crippen MR) is 76.2 cm³/mol. The minimum atomic E-state index is -0.356. The fourth-order valence-electron chi connectivity index (χ4n) is 2.52. The van der Waals surface area contributed by atoms with E-state index in [9.17, 15) is 9.59 Å². The monoisotopic (exact) mass is 271 g/mol. The van der Waals surface area contributed by atoms with Gasteiger partial charge >= 0.3 is 0 Å². The molecule has 104 valence electrons. The number of aromatic nitrogens is 1. The van der Waals surface area contributed by atoms with E-state index in [2.05, 4.69) is 27.8 Å². The van der Waals surface area contributed by atoms with Crippen LogP contribution in [0.15, 0.2) is 30.3 Å². The van der Waals surface area contributed by atoms with Gasteiger partial charge < -0.3 is 15.6 Å². The number of carbonyl (C=O) groups excluding carboxylic acids is 2. The molecule has 0 spiro atoms. The van der Waals surface area contributed by atoms with Crippen LogP contribution in [0.1, 0.15) is 18.5 Å². The Morgan fingerprint density at radius 2 is 2.20 bits per heavy atom. The third-order valence-electron chi connectivity index (χ3n) is 3.59. The third-order valence-corrected chi connectivity index (χ3v) is 3.59. The molecule has 1 atom stereocenters. The van der Waals surface area contributed by atoms with E-state index < -0.39 is 0 Å². The average molecular weight is 271 g/mol. The topological polar surface area (TPSA) is 74.0 Å². The van der Waals surface area contributed by atoms with Crippen molar-refractivity contribution in [3.8, 4) is 0 Å². The number of carbonyl (C=O) groups is 2. The van der Waals surface area contributed by atoms with E-state index in [0.717, 1.165) is 17.6 Å². The summed E-state index contributed by atoms with van der Waals surface area (Å²) in [6, 6.07) is 9.83. The molecular formula is C15H17N3O2. The van der Waals surface area contributed by atoms with Crippen molar-refractivity contribution < 1.29 is 9.59 Å². The lowest BCUT2D eigenvalue weighted by Crippen LogP contribution is -2.42. The number of aromatic amines is 1. The lowest BCUT2D eigenvalue weighted by atomic mass is 10.2. The van der Waals surface area contributed by atoms with E-state index in [0.29, 0.717) is 19.4 Å². The molecule has 5 nitrogen and oxygen atoms in total. The molecule has 1 aromatic heterocycles. The van der Waals surface area contributed by atoms with E-state index in [4.69, 9.17) is 0 Å². The summed E-state index contributed by atoms with van der Waals surface area (Å²) in [5, 5.41) is 6.71. The van der Waals surface area contributed by atoms with Gasteiger partial charge in [0, 0.05) is 30.6 Å². The second kappa shape index (κ2) is 5.36. The van der Waals surface area contributed by atoms with Gasteiger partial charge in [0.15, 0.2) is 0 Å². The Balaban J connectivity index is 1.52. The Labute approximate surface area is 116 Å². The lowest BCUT2D eigenvalue weighted by Gasteiger charge is -2.10. The zero-order chi connectivity index (χ0) is 13.9. The van der Waals surface area contributed by atoms with Gasteiger partial charge in [0.25, 0.3) is 0 Å². The highest BCUT2D eigenvalue weighted by molar-refractivity contribution is 5.90. The first-order chi connectivity index (χ1) is 9.72. The molecule has 1 saturated heterocycles. The average Bonchev–Trinajstić information content (AvgIpc) is 3.04. The van der Waals surface area contributed by atoms with Crippen molar-refractivity contribution in [1.82, 2.24) is 15.6 Å². The number of fused-ring (bicyclic) bond motifs is 1. The molecule has 2 aromatic rings. The summed E-state index contributed by atoms with van der Waals surface area (Å²) in [6.07, 6.45) is 1.79. The van der Waals surface area contributed by atoms with Crippen LogP contribution in [0.25, 0.3) is 10.9 Å². The molecule has 3 rings (SSSR count). The predicted octanol–water partition coefficient (Wildman–Crippen LogP) is 1.11. The molecular weight excluding hydrogens is 254 g/mol. The lowest BCUT2D eigenvalue weighted by molar-refractivity contribution is -0.125. The minimum absolute atomic E-state index is 0.0410. The van der Waals surface area contributed by atoms with Gasteiger partial charge in [0.1, 0.15) is 6.04 Å². The normalized spacial score (nSPS) is 18.2. The van der Waals surface area contributed by atoms with Gasteiger partial charge in [-0.25, -0.2) is 0 Å². The maximum atomic E-state index is 11.8. The fraction of sp³-hybridized carbons (Fsp3) is 0.333. The molecule has 1 aliphatic rings. The summed E-state index contributed by atoms with van der Waals surface area (Å²) in [4.78, 5) is 26.2. The van der Waals surface area contributed by atoms with E-state index in [1.165, 1.54) is 5.39 Å². The smallest absolute Gasteiger partial charge is 0.242 e. The quantitative estimate of drug-likeness (QED) is 0.779. The Morgan fingerprint density at radius 1 is 1.35 bits per heavy atom. The van der Waals surface area contributed by atoms with Crippen LogP contribution in [-0.2, 0) is 16.0 Å². The number of hydrogen-bond acceptors (Lipinski definition) is 2. The van der Waals surface area contributed by atoms with Gasteiger partial charge in [0.2, 0.25) is 11.8 Å². The van der Waals surface area contributed by atoms with E-state index >= 15 is 0 Å². The standard InChI is InChI=1S/C15H17N3O2/c19-14-6-5-13(18-14)15(20)16-8-7-11-9-10-3-1-2-4-12(10)17-11/h1-4,9,13,17H,5-8H2,(H,16,20)(H,18,19). The number of rotatable bonds is 4. The van der Waals surface area contributed by atoms with Gasteiger partial charge in [-0.05, 0) is 23.9 Å². The van der Waals surface area contributed by atoms with Gasteiger partial charge in [0.05, 0.1) is 0 Å². The van der Waals surface area contributed by atoms with Crippen LogP contribution >= 0.6 is 0 Å². The van der Waals surface area contributed by atoms with Gasteiger partial charge in [-0.2, -0.15) is 0 Å². The van der Waals surface area contributed by atoms with Crippen molar-refractivity contribution in [3.63, 3.8) is 0 Å². The van der Waals surface area contributed by atoms with Crippen molar-refractivity contribution in [2.75, 3.05) is 6.54 Å². The number of H-pyrrole nitrogens is 1. The zero-order valence-corrected chi connectivity index (χ0v) is 11.1. The minimum Gasteiger partial charge on any atom is -0.358 e. The number of hydrogen-bond donors (Lipinski definition) is 3. The molecule has 2 amide bonds. The van der Waals surface area contributed by atoms with Gasteiger partial charge in [-0.1, -0.05) is 18.2 Å². The van der Waals surface area contributed by atoms with Crippen molar-refractivity contribution in [3.05, 3.63) is 36.0 Å². The Hall–Kier alpha value is -2.30. The van der Waals surface area contributed by atoms with E-state index in [-0.39, 0.29) is 17.9 Å². The molecule has 5 heteroatoms. The molecule has 1 fully saturated rings. The fourth-order valence-corrected chi connectivity index (χ4v) is 2.52. The highest BCUT2D eigenvalue weighted by Gasteiger charge is 2.26. The third kappa shape index (κ3) is 2.66. The molecule has 3 N–H and O–H groups in total. The summed E-state index contributed by atoms with van der Waals surface area (Å²) >= 11 is 0. The molecule has 1 aromatic carbocycles. The number of para-hydroxylation sites is 1. The highest BCUT2D eigenvalue weighted by Crippen LogP contribution is 2.14. The van der Waals surface area contributed by atoms with Crippen molar-refractivity contribution in [1.29, 1.82) is 0 Å². The molecule has 2 heterocycles. The Kier molecular flexibility index (Phi) is 3.41. The first-order valence-electron chi connectivity index (χ1n) is 6.86. The van der Waals surface area contributed by atoms with Crippen LogP contribution < -0.4 is 10.6 Å². The molecule has 0 saturated carbocycles. The van der Waals surface area contributed by atoms with Crippen LogP contribution in [0, 0.1) is 0 Å². The summed E-state index contributed by atoms with van der Waals surface area (Å²) < 4.78 is 0. The first-order valence-corrected chi connectivity index (χ1v) is 6.86. The van der Waals surface area contributed by atoms with Crippen LogP contribution in [0.3, 0.4) is 0 Å². The maximum Gasteiger partial charge on any atom is 0.242 e. The van der Waals surface area contributed by atoms with E-state index in [1.54, 1.807) is 0 Å². The Bertz CT molecular complexity index is 614. The molecule has 0 aliphatic carbocycles. The van der Waals surface area contributed by atoms with Crippen LogP contribution in [0.2, 0.25) is 0 Å².